The fourth-order valence-corrected chi connectivity index (χ4v) is 2.98. The number of halogens is 3. The second kappa shape index (κ2) is 2.98. The second-order valence-electron chi connectivity index (χ2n) is 2.32. The molecule has 0 bridgehead atoms. The van der Waals surface area contributed by atoms with Gasteiger partial charge in [0.25, 0.3) is 0 Å². The SMILES string of the molecule is Fc1ccc(Cl)c2scc(Br)c12. The van der Waals surface area contributed by atoms with Crippen molar-refractivity contribution in [3.8, 4) is 0 Å². The summed E-state index contributed by atoms with van der Waals surface area (Å²) in [7, 11) is 0. The summed E-state index contributed by atoms with van der Waals surface area (Å²) in [6, 6.07) is 2.95. The van der Waals surface area contributed by atoms with Crippen molar-refractivity contribution in [1.82, 2.24) is 0 Å². The first-order chi connectivity index (χ1) is 5.70. The normalized spacial score (nSPS) is 10.9. The maximum atomic E-state index is 13.2. The van der Waals surface area contributed by atoms with E-state index in [1.165, 1.54) is 17.4 Å². The molecule has 0 N–H and O–H groups in total. The molecule has 0 spiro atoms. The largest absolute Gasteiger partial charge is 0.206 e. The molecule has 1 heterocycles. The second-order valence-corrected chi connectivity index (χ2v) is 4.46. The fourth-order valence-electron chi connectivity index (χ4n) is 1.04. The molecule has 1 aromatic carbocycles. The van der Waals surface area contributed by atoms with Gasteiger partial charge in [-0.15, -0.1) is 11.3 Å². The Kier molecular flexibility index (Phi) is 2.10. The van der Waals surface area contributed by atoms with Crippen molar-refractivity contribution in [3.05, 3.63) is 32.8 Å². The van der Waals surface area contributed by atoms with Gasteiger partial charge >= 0.3 is 0 Å². The van der Waals surface area contributed by atoms with Crippen molar-refractivity contribution < 1.29 is 4.39 Å². The van der Waals surface area contributed by atoms with E-state index in [9.17, 15) is 4.39 Å². The Labute approximate surface area is 86.1 Å². The lowest BCUT2D eigenvalue weighted by Gasteiger charge is -1.94. The standard InChI is InChI=1S/C8H3BrClFS/c9-4-3-12-8-5(10)1-2-6(11)7(4)8/h1-3H. The molecule has 0 saturated carbocycles. The highest BCUT2D eigenvalue weighted by atomic mass is 79.9. The molecule has 0 aliphatic rings. The first-order valence-electron chi connectivity index (χ1n) is 3.21. The zero-order chi connectivity index (χ0) is 8.72. The van der Waals surface area contributed by atoms with Crippen LogP contribution in [0, 0.1) is 5.82 Å². The topological polar surface area (TPSA) is 0 Å². The predicted octanol–water partition coefficient (Wildman–Crippen LogP) is 4.46. The van der Waals surface area contributed by atoms with Crippen molar-refractivity contribution in [2.45, 2.75) is 0 Å². The molecule has 1 aromatic heterocycles. The van der Waals surface area contributed by atoms with Gasteiger partial charge in [-0.1, -0.05) is 11.6 Å². The Morgan fingerprint density at radius 1 is 1.42 bits per heavy atom. The van der Waals surface area contributed by atoms with E-state index in [0.29, 0.717) is 10.4 Å². The molecule has 62 valence electrons. The molecule has 0 aliphatic heterocycles. The molecular weight excluding hydrogens is 263 g/mol. The quantitative estimate of drug-likeness (QED) is 0.660. The molecule has 0 aliphatic carbocycles. The van der Waals surface area contributed by atoms with Gasteiger partial charge in [0.1, 0.15) is 5.82 Å². The van der Waals surface area contributed by atoms with Gasteiger partial charge in [-0.3, -0.25) is 0 Å². The van der Waals surface area contributed by atoms with Crippen LogP contribution in [0.3, 0.4) is 0 Å². The van der Waals surface area contributed by atoms with Crippen LogP contribution in [0.2, 0.25) is 5.02 Å². The summed E-state index contributed by atoms with van der Waals surface area (Å²) >= 11 is 10.6. The lowest BCUT2D eigenvalue weighted by molar-refractivity contribution is 0.640. The Morgan fingerprint density at radius 2 is 2.17 bits per heavy atom. The highest BCUT2D eigenvalue weighted by Crippen LogP contribution is 2.36. The molecule has 4 heteroatoms. The van der Waals surface area contributed by atoms with Gasteiger partial charge in [-0.05, 0) is 28.1 Å². The molecule has 12 heavy (non-hydrogen) atoms. The van der Waals surface area contributed by atoms with E-state index in [1.807, 2.05) is 5.38 Å². The molecule has 0 radical (unpaired) electrons. The summed E-state index contributed by atoms with van der Waals surface area (Å²) in [5.41, 5.74) is 0. The maximum Gasteiger partial charge on any atom is 0.133 e. The van der Waals surface area contributed by atoms with Gasteiger partial charge in [-0.2, -0.15) is 0 Å². The first-order valence-corrected chi connectivity index (χ1v) is 5.26. The lowest BCUT2D eigenvalue weighted by Crippen LogP contribution is -1.74. The van der Waals surface area contributed by atoms with E-state index in [1.54, 1.807) is 6.07 Å². The summed E-state index contributed by atoms with van der Waals surface area (Å²) in [6.07, 6.45) is 0. The third-order valence-electron chi connectivity index (χ3n) is 1.58. The minimum Gasteiger partial charge on any atom is -0.206 e. The van der Waals surface area contributed by atoms with Crippen LogP contribution in [0.4, 0.5) is 4.39 Å². The highest BCUT2D eigenvalue weighted by molar-refractivity contribution is 9.10. The average molecular weight is 266 g/mol. The van der Waals surface area contributed by atoms with Crippen LogP contribution in [0.5, 0.6) is 0 Å². The number of hydrogen-bond acceptors (Lipinski definition) is 1. The average Bonchev–Trinajstić information content (AvgIpc) is 2.42. The molecular formula is C8H3BrClFS. The van der Waals surface area contributed by atoms with Crippen LogP contribution in [0.1, 0.15) is 0 Å². The van der Waals surface area contributed by atoms with Gasteiger partial charge in [0.2, 0.25) is 0 Å². The van der Waals surface area contributed by atoms with Crippen LogP contribution in [0.15, 0.2) is 22.0 Å². The number of rotatable bonds is 0. The number of thiophene rings is 1. The minimum atomic E-state index is -0.234. The van der Waals surface area contributed by atoms with Crippen molar-refractivity contribution in [1.29, 1.82) is 0 Å². The molecule has 0 nitrogen and oxygen atoms in total. The van der Waals surface area contributed by atoms with Crippen LogP contribution < -0.4 is 0 Å². The summed E-state index contributed by atoms with van der Waals surface area (Å²) in [5, 5.41) is 3.01. The number of hydrogen-bond donors (Lipinski definition) is 0. The van der Waals surface area contributed by atoms with Crippen molar-refractivity contribution >= 4 is 49.0 Å². The Morgan fingerprint density at radius 3 is 2.83 bits per heavy atom. The monoisotopic (exact) mass is 264 g/mol. The molecule has 0 unspecified atom stereocenters. The Balaban J connectivity index is 2.98. The first kappa shape index (κ1) is 8.48. The lowest BCUT2D eigenvalue weighted by atomic mass is 10.2. The molecule has 0 amide bonds. The van der Waals surface area contributed by atoms with Gasteiger partial charge in [-0.25, -0.2) is 4.39 Å². The van der Waals surface area contributed by atoms with Crippen LogP contribution >= 0.6 is 38.9 Å². The smallest absolute Gasteiger partial charge is 0.133 e. The predicted molar refractivity (Wildman–Crippen MR) is 54.5 cm³/mol. The van der Waals surface area contributed by atoms with Crippen LogP contribution in [-0.4, -0.2) is 0 Å². The zero-order valence-corrected chi connectivity index (χ0v) is 8.93. The summed E-state index contributed by atoms with van der Waals surface area (Å²) in [4.78, 5) is 0. The van der Waals surface area contributed by atoms with E-state index in [0.717, 1.165) is 9.17 Å². The van der Waals surface area contributed by atoms with E-state index in [4.69, 9.17) is 11.6 Å². The molecule has 2 rings (SSSR count). The number of fused-ring (bicyclic) bond motifs is 1. The third-order valence-corrected chi connectivity index (χ3v) is 3.95. The van der Waals surface area contributed by atoms with Gasteiger partial charge < -0.3 is 0 Å². The van der Waals surface area contributed by atoms with Gasteiger partial charge in [0.15, 0.2) is 0 Å². The van der Waals surface area contributed by atoms with Gasteiger partial charge in [0, 0.05) is 15.2 Å². The minimum absolute atomic E-state index is 0.234. The summed E-state index contributed by atoms with van der Waals surface area (Å²) in [6.45, 7) is 0. The van der Waals surface area contributed by atoms with Crippen molar-refractivity contribution in [2.24, 2.45) is 0 Å². The molecule has 0 fully saturated rings. The van der Waals surface area contributed by atoms with Gasteiger partial charge in [0.05, 0.1) is 9.72 Å². The maximum absolute atomic E-state index is 13.2. The summed E-state index contributed by atoms with van der Waals surface area (Å²) < 4.78 is 14.7. The van der Waals surface area contributed by atoms with Crippen molar-refractivity contribution in [2.75, 3.05) is 0 Å². The van der Waals surface area contributed by atoms with Crippen LogP contribution in [0.25, 0.3) is 10.1 Å². The van der Waals surface area contributed by atoms with Crippen molar-refractivity contribution in [3.63, 3.8) is 0 Å². The van der Waals surface area contributed by atoms with Crippen LogP contribution in [-0.2, 0) is 0 Å². The Bertz CT molecular complexity index is 438. The van der Waals surface area contributed by atoms with E-state index < -0.39 is 0 Å². The molecule has 0 saturated heterocycles. The highest BCUT2D eigenvalue weighted by Gasteiger charge is 2.09. The van der Waals surface area contributed by atoms with E-state index in [2.05, 4.69) is 15.9 Å². The zero-order valence-electron chi connectivity index (χ0n) is 5.77. The third kappa shape index (κ3) is 1.16. The molecule has 2 aromatic rings. The summed E-state index contributed by atoms with van der Waals surface area (Å²) in [5.74, 6) is -0.234. The van der Waals surface area contributed by atoms with E-state index in [-0.39, 0.29) is 5.82 Å². The molecule has 0 atom stereocenters. The fraction of sp³-hybridized carbons (Fsp3) is 0. The Hall–Kier alpha value is -0.120. The number of benzene rings is 1. The van der Waals surface area contributed by atoms with E-state index >= 15 is 0 Å².